The molecule has 2 aromatic carbocycles. The van der Waals surface area contributed by atoms with Gasteiger partial charge in [-0.2, -0.15) is 13.2 Å². The summed E-state index contributed by atoms with van der Waals surface area (Å²) in [5.74, 6) is -2.11. The number of aromatic hydroxyl groups is 1. The highest BCUT2D eigenvalue weighted by Crippen LogP contribution is 2.36. The van der Waals surface area contributed by atoms with Crippen molar-refractivity contribution in [3.63, 3.8) is 0 Å². The van der Waals surface area contributed by atoms with E-state index in [9.17, 15) is 33.0 Å². The van der Waals surface area contributed by atoms with Gasteiger partial charge in [0.05, 0.1) is 11.6 Å². The SMILES string of the molecule is N[C@H](Cc1ccc(O)cc1)C(=O)N[C@@H](Cc1c[nH]c2cccc(C(F)(F)F)c12)C(=O)O. The zero-order valence-electron chi connectivity index (χ0n) is 16.1. The number of alkyl halides is 3. The van der Waals surface area contributed by atoms with Crippen LogP contribution in [0.25, 0.3) is 10.9 Å². The Labute approximate surface area is 174 Å². The predicted octanol–water partition coefficient (Wildman–Crippen LogP) is 2.57. The van der Waals surface area contributed by atoms with Crippen LogP contribution in [0.1, 0.15) is 16.7 Å². The van der Waals surface area contributed by atoms with E-state index in [0.29, 0.717) is 5.56 Å². The van der Waals surface area contributed by atoms with Crippen molar-refractivity contribution in [1.82, 2.24) is 10.3 Å². The number of carbonyl (C=O) groups excluding carboxylic acids is 1. The Bertz CT molecular complexity index is 1090. The molecule has 1 heterocycles. The van der Waals surface area contributed by atoms with Crippen molar-refractivity contribution in [1.29, 1.82) is 0 Å². The first-order valence-corrected chi connectivity index (χ1v) is 9.29. The van der Waals surface area contributed by atoms with E-state index in [1.54, 1.807) is 12.1 Å². The smallest absolute Gasteiger partial charge is 0.417 e. The molecule has 7 nitrogen and oxygen atoms in total. The monoisotopic (exact) mass is 435 g/mol. The average Bonchev–Trinajstić information content (AvgIpc) is 3.11. The van der Waals surface area contributed by atoms with Crippen LogP contribution in [0, 0.1) is 0 Å². The fourth-order valence-electron chi connectivity index (χ4n) is 3.33. The first kappa shape index (κ1) is 22.2. The van der Waals surface area contributed by atoms with Crippen LogP contribution in [0.15, 0.2) is 48.7 Å². The molecule has 0 radical (unpaired) electrons. The number of benzene rings is 2. The van der Waals surface area contributed by atoms with Crippen molar-refractivity contribution >= 4 is 22.8 Å². The van der Waals surface area contributed by atoms with Crippen LogP contribution in [-0.4, -0.2) is 39.2 Å². The molecule has 0 bridgehead atoms. The Hall–Kier alpha value is -3.53. The zero-order chi connectivity index (χ0) is 22.8. The maximum Gasteiger partial charge on any atom is 0.417 e. The summed E-state index contributed by atoms with van der Waals surface area (Å²) < 4.78 is 40.2. The third-order valence-electron chi connectivity index (χ3n) is 4.86. The summed E-state index contributed by atoms with van der Waals surface area (Å²) in [7, 11) is 0. The molecule has 10 heteroatoms. The summed E-state index contributed by atoms with van der Waals surface area (Å²) in [5, 5.41) is 21.0. The number of carboxylic acids is 1. The molecular formula is C21H20F3N3O4. The number of carboxylic acid groups (broad SMARTS) is 1. The lowest BCUT2D eigenvalue weighted by atomic mass is 10.00. The summed E-state index contributed by atoms with van der Waals surface area (Å²) in [4.78, 5) is 26.8. The van der Waals surface area contributed by atoms with Crippen LogP contribution >= 0.6 is 0 Å². The van der Waals surface area contributed by atoms with E-state index in [1.165, 1.54) is 30.5 Å². The third-order valence-corrected chi connectivity index (χ3v) is 4.86. The molecule has 3 rings (SSSR count). The van der Waals surface area contributed by atoms with Crippen LogP contribution in [0.2, 0.25) is 0 Å². The van der Waals surface area contributed by atoms with Crippen molar-refractivity contribution in [2.24, 2.45) is 5.73 Å². The second-order valence-corrected chi connectivity index (χ2v) is 7.12. The first-order valence-electron chi connectivity index (χ1n) is 9.29. The average molecular weight is 435 g/mol. The second kappa shape index (κ2) is 8.68. The van der Waals surface area contributed by atoms with E-state index in [4.69, 9.17) is 5.73 Å². The van der Waals surface area contributed by atoms with Gasteiger partial charge >= 0.3 is 12.1 Å². The number of hydrogen-bond acceptors (Lipinski definition) is 4. The molecule has 0 aliphatic carbocycles. The number of aliphatic carboxylic acids is 1. The van der Waals surface area contributed by atoms with Gasteiger partial charge in [0.15, 0.2) is 0 Å². The normalized spacial score (nSPS) is 13.7. The van der Waals surface area contributed by atoms with Gasteiger partial charge in [0.1, 0.15) is 11.8 Å². The van der Waals surface area contributed by atoms with Crippen LogP contribution in [-0.2, 0) is 28.6 Å². The van der Waals surface area contributed by atoms with Gasteiger partial charge in [0.2, 0.25) is 5.91 Å². The number of phenols is 1. The highest BCUT2D eigenvalue weighted by Gasteiger charge is 2.34. The van der Waals surface area contributed by atoms with Gasteiger partial charge in [-0.05, 0) is 41.8 Å². The van der Waals surface area contributed by atoms with Crippen molar-refractivity contribution < 1.29 is 33.0 Å². The molecule has 164 valence electrons. The van der Waals surface area contributed by atoms with E-state index < -0.39 is 35.7 Å². The van der Waals surface area contributed by atoms with Gasteiger partial charge in [-0.3, -0.25) is 4.79 Å². The molecular weight excluding hydrogens is 415 g/mol. The molecule has 31 heavy (non-hydrogen) atoms. The van der Waals surface area contributed by atoms with Gasteiger partial charge in [0, 0.05) is 23.5 Å². The standard InChI is InChI=1S/C21H20F3N3O4/c22-21(23,24)14-2-1-3-16-18(14)12(10-26-16)9-17(20(30)31)27-19(29)15(25)8-11-4-6-13(28)7-5-11/h1-7,10,15,17,26,28H,8-9,25H2,(H,27,29)(H,30,31)/t15-,17+/m1/s1. The van der Waals surface area contributed by atoms with Gasteiger partial charge in [0.25, 0.3) is 0 Å². The summed E-state index contributed by atoms with van der Waals surface area (Å²) in [5.41, 5.74) is 5.95. The molecule has 1 aromatic heterocycles. The number of nitrogens with one attached hydrogen (secondary N) is 2. The van der Waals surface area contributed by atoms with E-state index in [-0.39, 0.29) is 35.1 Å². The number of aromatic amines is 1. The number of halogens is 3. The van der Waals surface area contributed by atoms with E-state index in [2.05, 4.69) is 10.3 Å². The maximum atomic E-state index is 13.4. The lowest BCUT2D eigenvalue weighted by Crippen LogP contribution is -2.50. The third kappa shape index (κ3) is 5.15. The van der Waals surface area contributed by atoms with Crippen molar-refractivity contribution in [3.8, 4) is 5.75 Å². The Morgan fingerprint density at radius 2 is 1.77 bits per heavy atom. The molecule has 3 aromatic rings. The number of amides is 1. The highest BCUT2D eigenvalue weighted by molar-refractivity contribution is 5.90. The minimum Gasteiger partial charge on any atom is -0.508 e. The summed E-state index contributed by atoms with van der Waals surface area (Å²) >= 11 is 0. The molecule has 0 aliphatic rings. The van der Waals surface area contributed by atoms with Gasteiger partial charge in [-0.15, -0.1) is 0 Å². The highest BCUT2D eigenvalue weighted by atomic mass is 19.4. The number of nitrogens with two attached hydrogens (primary N) is 1. The van der Waals surface area contributed by atoms with E-state index in [1.807, 2.05) is 0 Å². The quantitative estimate of drug-likeness (QED) is 0.390. The van der Waals surface area contributed by atoms with Crippen LogP contribution in [0.5, 0.6) is 5.75 Å². The lowest BCUT2D eigenvalue weighted by molar-refractivity contribution is -0.141. The fraction of sp³-hybridized carbons (Fsp3) is 0.238. The molecule has 0 saturated carbocycles. The minimum absolute atomic E-state index is 0.0460. The van der Waals surface area contributed by atoms with Crippen LogP contribution < -0.4 is 11.1 Å². The molecule has 1 amide bonds. The van der Waals surface area contributed by atoms with Gasteiger partial charge < -0.3 is 26.2 Å². The van der Waals surface area contributed by atoms with E-state index in [0.717, 1.165) is 6.07 Å². The van der Waals surface area contributed by atoms with Gasteiger partial charge in [-0.1, -0.05) is 18.2 Å². The second-order valence-electron chi connectivity index (χ2n) is 7.12. The van der Waals surface area contributed by atoms with Crippen molar-refractivity contribution in [2.75, 3.05) is 0 Å². The van der Waals surface area contributed by atoms with Crippen molar-refractivity contribution in [2.45, 2.75) is 31.1 Å². The minimum atomic E-state index is -4.62. The molecule has 0 saturated heterocycles. The Kier molecular flexibility index (Phi) is 6.21. The number of aromatic nitrogens is 1. The van der Waals surface area contributed by atoms with Crippen molar-refractivity contribution in [3.05, 3.63) is 65.4 Å². The van der Waals surface area contributed by atoms with Crippen LogP contribution in [0.4, 0.5) is 13.2 Å². The molecule has 0 aliphatic heterocycles. The summed E-state index contributed by atoms with van der Waals surface area (Å²) in [6.45, 7) is 0. The topological polar surface area (TPSA) is 128 Å². The number of carbonyl (C=O) groups is 2. The molecule has 0 unspecified atom stereocenters. The van der Waals surface area contributed by atoms with Crippen LogP contribution in [0.3, 0.4) is 0 Å². The largest absolute Gasteiger partial charge is 0.508 e. The molecule has 2 atom stereocenters. The number of hydrogen-bond donors (Lipinski definition) is 5. The Balaban J connectivity index is 1.78. The number of rotatable bonds is 7. The molecule has 0 fully saturated rings. The van der Waals surface area contributed by atoms with E-state index >= 15 is 0 Å². The fourth-order valence-corrected chi connectivity index (χ4v) is 3.33. The number of phenolic OH excluding ortho intramolecular Hbond substituents is 1. The Morgan fingerprint density at radius 3 is 2.39 bits per heavy atom. The molecule has 0 spiro atoms. The first-order chi connectivity index (χ1) is 14.6. The summed E-state index contributed by atoms with van der Waals surface area (Å²) in [6.07, 6.45) is -3.59. The number of fused-ring (bicyclic) bond motifs is 1. The number of H-pyrrole nitrogens is 1. The Morgan fingerprint density at radius 1 is 1.10 bits per heavy atom. The summed E-state index contributed by atoms with van der Waals surface area (Å²) in [6, 6.07) is 7.06. The zero-order valence-corrected chi connectivity index (χ0v) is 16.1. The lowest BCUT2D eigenvalue weighted by Gasteiger charge is -2.18. The molecule has 6 N–H and O–H groups in total. The maximum absolute atomic E-state index is 13.4. The van der Waals surface area contributed by atoms with Gasteiger partial charge in [-0.25, -0.2) is 4.79 Å². The predicted molar refractivity (Wildman–Crippen MR) is 106 cm³/mol.